The predicted molar refractivity (Wildman–Crippen MR) is 69.8 cm³/mol. The van der Waals surface area contributed by atoms with Crippen LogP contribution in [0.4, 0.5) is 0 Å². The van der Waals surface area contributed by atoms with E-state index in [9.17, 15) is 14.4 Å². The molecule has 19 heavy (non-hydrogen) atoms. The Balaban J connectivity index is 2.35. The first-order valence-corrected chi connectivity index (χ1v) is 6.18. The molecule has 1 aliphatic rings. The summed E-state index contributed by atoms with van der Waals surface area (Å²) in [6.07, 6.45) is 0. The van der Waals surface area contributed by atoms with Crippen LogP contribution in [0.1, 0.15) is 22.8 Å². The smallest absolute Gasteiger partial charge is 0.255 e. The molecule has 2 rings (SSSR count). The molecule has 0 bridgehead atoms. The van der Waals surface area contributed by atoms with Crippen molar-refractivity contribution in [2.24, 2.45) is 0 Å². The average molecular weight is 281 g/mol. The Morgan fingerprint density at radius 3 is 2.79 bits per heavy atom. The Morgan fingerprint density at radius 1 is 1.42 bits per heavy atom. The molecule has 100 valence electrons. The van der Waals surface area contributed by atoms with Crippen molar-refractivity contribution in [3.63, 3.8) is 0 Å². The van der Waals surface area contributed by atoms with Gasteiger partial charge in [0, 0.05) is 10.6 Å². The molecule has 0 aliphatic carbocycles. The van der Waals surface area contributed by atoms with E-state index in [2.05, 4.69) is 5.32 Å². The summed E-state index contributed by atoms with van der Waals surface area (Å²) in [7, 11) is 0. The van der Waals surface area contributed by atoms with Crippen LogP contribution in [0.25, 0.3) is 0 Å². The minimum atomic E-state index is -0.677. The van der Waals surface area contributed by atoms with Gasteiger partial charge in [-0.2, -0.15) is 0 Å². The molecular weight excluding hydrogens is 268 g/mol. The summed E-state index contributed by atoms with van der Waals surface area (Å²) >= 11 is 5.88. The third-order valence-electron chi connectivity index (χ3n) is 3.11. The fraction of sp³-hybridized carbons (Fsp3) is 0.308. The van der Waals surface area contributed by atoms with Crippen molar-refractivity contribution in [3.8, 4) is 0 Å². The molecule has 1 aromatic rings. The number of imide groups is 1. The maximum atomic E-state index is 12.4. The molecule has 1 unspecified atom stereocenters. The normalized spacial score (nSPS) is 19.3. The highest BCUT2D eigenvalue weighted by atomic mass is 35.5. The lowest BCUT2D eigenvalue weighted by atomic mass is 10.1. The zero-order valence-corrected chi connectivity index (χ0v) is 11.3. The van der Waals surface area contributed by atoms with E-state index in [1.807, 2.05) is 0 Å². The van der Waals surface area contributed by atoms with Crippen LogP contribution in [0.15, 0.2) is 18.2 Å². The van der Waals surface area contributed by atoms with Crippen LogP contribution < -0.4 is 5.32 Å². The number of benzene rings is 1. The summed E-state index contributed by atoms with van der Waals surface area (Å²) < 4.78 is 0. The molecule has 1 fully saturated rings. The van der Waals surface area contributed by atoms with Gasteiger partial charge in [0.15, 0.2) is 0 Å². The molecule has 0 radical (unpaired) electrons. The number of nitrogens with zero attached hydrogens (tertiary/aromatic N) is 1. The number of aryl methyl sites for hydroxylation is 1. The second-order valence-corrected chi connectivity index (χ2v) is 4.92. The number of nitrogens with one attached hydrogen (secondary N) is 1. The first kappa shape index (κ1) is 13.5. The van der Waals surface area contributed by atoms with Gasteiger partial charge in [-0.3, -0.25) is 19.7 Å². The van der Waals surface area contributed by atoms with Gasteiger partial charge in [0.05, 0.1) is 0 Å². The molecule has 1 heterocycles. The van der Waals surface area contributed by atoms with Crippen LogP contribution in [-0.2, 0) is 9.59 Å². The maximum Gasteiger partial charge on any atom is 0.255 e. The van der Waals surface area contributed by atoms with Crippen molar-refractivity contribution >= 4 is 29.3 Å². The van der Waals surface area contributed by atoms with Gasteiger partial charge in [0.2, 0.25) is 11.8 Å². The largest absolute Gasteiger partial charge is 0.318 e. The molecule has 0 aromatic heterocycles. The van der Waals surface area contributed by atoms with Gasteiger partial charge in [-0.15, -0.1) is 0 Å². The highest BCUT2D eigenvalue weighted by Crippen LogP contribution is 2.19. The third kappa shape index (κ3) is 2.61. The molecule has 1 atom stereocenters. The van der Waals surface area contributed by atoms with Crippen LogP contribution in [0.2, 0.25) is 5.02 Å². The average Bonchev–Trinajstić information content (AvgIpc) is 2.36. The van der Waals surface area contributed by atoms with E-state index in [4.69, 9.17) is 11.6 Å². The number of carbonyl (C=O) groups is 3. The van der Waals surface area contributed by atoms with Crippen molar-refractivity contribution in [2.45, 2.75) is 19.9 Å². The molecule has 0 saturated carbocycles. The van der Waals surface area contributed by atoms with Crippen molar-refractivity contribution in [1.82, 2.24) is 10.2 Å². The second kappa shape index (κ2) is 5.01. The van der Waals surface area contributed by atoms with Gasteiger partial charge in [-0.05, 0) is 31.5 Å². The zero-order chi connectivity index (χ0) is 14.2. The monoisotopic (exact) mass is 280 g/mol. The van der Waals surface area contributed by atoms with Crippen LogP contribution in [0, 0.1) is 6.92 Å². The predicted octanol–water partition coefficient (Wildman–Crippen LogP) is 1.14. The van der Waals surface area contributed by atoms with Crippen LogP contribution in [-0.4, -0.2) is 35.2 Å². The molecule has 1 saturated heterocycles. The van der Waals surface area contributed by atoms with E-state index >= 15 is 0 Å². The number of hydrogen-bond donors (Lipinski definition) is 1. The summed E-state index contributed by atoms with van der Waals surface area (Å²) in [6.45, 7) is 3.23. The van der Waals surface area contributed by atoms with Crippen molar-refractivity contribution in [2.75, 3.05) is 6.54 Å². The Bertz CT molecular complexity index is 571. The van der Waals surface area contributed by atoms with Crippen molar-refractivity contribution < 1.29 is 14.4 Å². The fourth-order valence-electron chi connectivity index (χ4n) is 1.94. The molecule has 6 heteroatoms. The maximum absolute atomic E-state index is 12.4. The van der Waals surface area contributed by atoms with Crippen LogP contribution >= 0.6 is 11.6 Å². The van der Waals surface area contributed by atoms with Crippen molar-refractivity contribution in [1.29, 1.82) is 0 Å². The summed E-state index contributed by atoms with van der Waals surface area (Å²) in [6, 6.07) is 4.28. The quantitative estimate of drug-likeness (QED) is 0.785. The minimum Gasteiger partial charge on any atom is -0.318 e. The molecule has 5 nitrogen and oxygen atoms in total. The molecule has 3 amide bonds. The van der Waals surface area contributed by atoms with Gasteiger partial charge in [-0.1, -0.05) is 17.7 Å². The lowest BCUT2D eigenvalue weighted by Crippen LogP contribution is -2.58. The molecule has 1 aromatic carbocycles. The van der Waals surface area contributed by atoms with E-state index < -0.39 is 17.9 Å². The first-order valence-electron chi connectivity index (χ1n) is 5.81. The van der Waals surface area contributed by atoms with Gasteiger partial charge in [0.1, 0.15) is 12.6 Å². The van der Waals surface area contributed by atoms with Crippen molar-refractivity contribution in [3.05, 3.63) is 34.3 Å². The van der Waals surface area contributed by atoms with E-state index in [-0.39, 0.29) is 12.5 Å². The standard InChI is InChI=1S/C13H13ClN2O3/c1-7-3-4-9(14)5-10(7)13(19)16-6-11(17)15-12(18)8(16)2/h3-5,8H,6H2,1-2H3,(H,15,17,18). The number of rotatable bonds is 1. The summed E-state index contributed by atoms with van der Waals surface area (Å²) in [4.78, 5) is 36.6. The van der Waals surface area contributed by atoms with Gasteiger partial charge in [-0.25, -0.2) is 0 Å². The molecule has 1 N–H and O–H groups in total. The molecular formula is C13H13ClN2O3. The Kier molecular flexibility index (Phi) is 3.57. The Labute approximate surface area is 115 Å². The van der Waals surface area contributed by atoms with E-state index in [0.29, 0.717) is 10.6 Å². The summed E-state index contributed by atoms with van der Waals surface area (Å²) in [5.74, 6) is -1.31. The van der Waals surface area contributed by atoms with E-state index in [0.717, 1.165) is 5.56 Å². The summed E-state index contributed by atoms with van der Waals surface area (Å²) in [5.41, 5.74) is 1.15. The number of carbonyl (C=O) groups excluding carboxylic acids is 3. The number of piperazine rings is 1. The highest BCUT2D eigenvalue weighted by Gasteiger charge is 2.34. The third-order valence-corrected chi connectivity index (χ3v) is 3.35. The molecule has 1 aliphatic heterocycles. The highest BCUT2D eigenvalue weighted by molar-refractivity contribution is 6.31. The summed E-state index contributed by atoms with van der Waals surface area (Å²) in [5, 5.41) is 2.63. The fourth-order valence-corrected chi connectivity index (χ4v) is 2.11. The minimum absolute atomic E-state index is 0.127. The zero-order valence-electron chi connectivity index (χ0n) is 10.6. The number of amides is 3. The number of hydrogen-bond acceptors (Lipinski definition) is 3. The van der Waals surface area contributed by atoms with Crippen LogP contribution in [0.5, 0.6) is 0 Å². The first-order chi connectivity index (χ1) is 8.90. The SMILES string of the molecule is Cc1ccc(Cl)cc1C(=O)N1CC(=O)NC(=O)C1C. The lowest BCUT2D eigenvalue weighted by Gasteiger charge is -2.32. The topological polar surface area (TPSA) is 66.5 Å². The van der Waals surface area contributed by atoms with Gasteiger partial charge < -0.3 is 4.90 Å². The van der Waals surface area contributed by atoms with E-state index in [1.54, 1.807) is 32.0 Å². The van der Waals surface area contributed by atoms with Gasteiger partial charge >= 0.3 is 0 Å². The second-order valence-electron chi connectivity index (χ2n) is 4.48. The van der Waals surface area contributed by atoms with Gasteiger partial charge in [0.25, 0.3) is 5.91 Å². The lowest BCUT2D eigenvalue weighted by molar-refractivity contribution is -0.138. The van der Waals surface area contributed by atoms with E-state index in [1.165, 1.54) is 4.90 Å². The number of halogens is 1. The van der Waals surface area contributed by atoms with Crippen LogP contribution in [0.3, 0.4) is 0 Å². The molecule has 0 spiro atoms. The Morgan fingerprint density at radius 2 is 2.11 bits per heavy atom. The Hall–Kier alpha value is -1.88.